The van der Waals surface area contributed by atoms with E-state index in [-0.39, 0.29) is 5.82 Å². The van der Waals surface area contributed by atoms with Crippen LogP contribution in [0.1, 0.15) is 11.1 Å². The fraction of sp³-hybridized carbons (Fsp3) is 0.100. The highest BCUT2D eigenvalue weighted by atomic mass is 35.5. The van der Waals surface area contributed by atoms with E-state index in [0.717, 1.165) is 22.3 Å². The van der Waals surface area contributed by atoms with Gasteiger partial charge in [0.1, 0.15) is 5.82 Å². The minimum absolute atomic E-state index is 0.211. The molecule has 0 atom stereocenters. The third-order valence-electron chi connectivity index (χ3n) is 3.77. The summed E-state index contributed by atoms with van der Waals surface area (Å²) in [4.78, 5) is 0. The average molecular weight is 311 g/mol. The third-order valence-corrected chi connectivity index (χ3v) is 4.08. The van der Waals surface area contributed by atoms with E-state index in [0.29, 0.717) is 11.4 Å². The zero-order chi connectivity index (χ0) is 15.5. The maximum atomic E-state index is 14.5. The maximum Gasteiger partial charge on any atom is 0.131 e. The maximum absolute atomic E-state index is 14.5. The second-order valence-electron chi connectivity index (χ2n) is 5.39. The van der Waals surface area contributed by atoms with Crippen LogP contribution in [-0.2, 0) is 5.88 Å². The van der Waals surface area contributed by atoms with Crippen LogP contribution in [0.25, 0.3) is 22.3 Å². The van der Waals surface area contributed by atoms with Crippen LogP contribution in [0.5, 0.6) is 0 Å². The van der Waals surface area contributed by atoms with E-state index >= 15 is 0 Å². The molecule has 0 aliphatic heterocycles. The first-order valence-corrected chi connectivity index (χ1v) is 7.73. The van der Waals surface area contributed by atoms with Crippen molar-refractivity contribution < 1.29 is 4.39 Å². The fourth-order valence-electron chi connectivity index (χ4n) is 2.45. The summed E-state index contributed by atoms with van der Waals surface area (Å²) in [5, 5.41) is 0. The van der Waals surface area contributed by atoms with Gasteiger partial charge in [-0.05, 0) is 35.2 Å². The Morgan fingerprint density at radius 1 is 0.773 bits per heavy atom. The lowest BCUT2D eigenvalue weighted by Crippen LogP contribution is -1.87. The number of halogens is 2. The van der Waals surface area contributed by atoms with Gasteiger partial charge in [-0.1, -0.05) is 66.2 Å². The molecule has 0 spiro atoms. The number of hydrogen-bond donors (Lipinski definition) is 0. The second kappa shape index (κ2) is 6.33. The highest BCUT2D eigenvalue weighted by Crippen LogP contribution is 2.28. The van der Waals surface area contributed by atoms with Crippen LogP contribution < -0.4 is 0 Å². The Morgan fingerprint density at radius 3 is 1.95 bits per heavy atom. The molecule has 0 unspecified atom stereocenters. The van der Waals surface area contributed by atoms with Gasteiger partial charge >= 0.3 is 0 Å². The highest BCUT2D eigenvalue weighted by Gasteiger charge is 2.07. The molecule has 0 fully saturated rings. The van der Waals surface area contributed by atoms with Crippen molar-refractivity contribution in [3.05, 3.63) is 83.7 Å². The summed E-state index contributed by atoms with van der Waals surface area (Å²) >= 11 is 5.78. The predicted molar refractivity (Wildman–Crippen MR) is 91.6 cm³/mol. The summed E-state index contributed by atoms with van der Waals surface area (Å²) in [6, 6.07) is 21.1. The fourth-order valence-corrected chi connectivity index (χ4v) is 2.63. The lowest BCUT2D eigenvalue weighted by atomic mass is 9.98. The Morgan fingerprint density at radius 2 is 1.36 bits per heavy atom. The molecule has 22 heavy (non-hydrogen) atoms. The van der Waals surface area contributed by atoms with E-state index in [2.05, 4.69) is 0 Å². The van der Waals surface area contributed by atoms with Crippen molar-refractivity contribution in [1.82, 2.24) is 0 Å². The minimum Gasteiger partial charge on any atom is -0.206 e. The average Bonchev–Trinajstić information content (AvgIpc) is 2.56. The summed E-state index contributed by atoms with van der Waals surface area (Å²) in [6.45, 7) is 2.04. The van der Waals surface area contributed by atoms with Crippen molar-refractivity contribution in [3.63, 3.8) is 0 Å². The Labute approximate surface area is 135 Å². The lowest BCUT2D eigenvalue weighted by Gasteiger charge is -2.08. The molecule has 0 aromatic heterocycles. The highest BCUT2D eigenvalue weighted by molar-refractivity contribution is 6.17. The molecule has 0 aliphatic rings. The van der Waals surface area contributed by atoms with E-state index in [1.807, 2.05) is 67.6 Å². The molecule has 0 bridgehead atoms. The van der Waals surface area contributed by atoms with Crippen molar-refractivity contribution in [2.24, 2.45) is 0 Å². The molecule has 3 rings (SSSR count). The SMILES string of the molecule is Cc1ccc(-c2ccc(-c3ccc(CCl)cc3)c(F)c2)cc1. The Bertz CT molecular complexity index is 774. The second-order valence-corrected chi connectivity index (χ2v) is 5.66. The predicted octanol–water partition coefficient (Wildman–Crippen LogP) is 6.21. The molecule has 0 saturated carbocycles. The van der Waals surface area contributed by atoms with Gasteiger partial charge in [-0.15, -0.1) is 11.6 Å². The summed E-state index contributed by atoms with van der Waals surface area (Å²) in [5.74, 6) is 0.256. The van der Waals surface area contributed by atoms with Crippen molar-refractivity contribution >= 4 is 11.6 Å². The molecule has 0 amide bonds. The normalized spacial score (nSPS) is 10.7. The summed E-state index contributed by atoms with van der Waals surface area (Å²) < 4.78 is 14.5. The number of benzene rings is 3. The molecule has 3 aromatic rings. The zero-order valence-corrected chi connectivity index (χ0v) is 13.1. The van der Waals surface area contributed by atoms with Gasteiger partial charge < -0.3 is 0 Å². The van der Waals surface area contributed by atoms with Gasteiger partial charge in [0.25, 0.3) is 0 Å². The van der Waals surface area contributed by atoms with Crippen molar-refractivity contribution in [1.29, 1.82) is 0 Å². The largest absolute Gasteiger partial charge is 0.206 e. The van der Waals surface area contributed by atoms with Crippen molar-refractivity contribution in [2.75, 3.05) is 0 Å². The molecule has 0 saturated heterocycles. The minimum atomic E-state index is -0.211. The molecule has 0 N–H and O–H groups in total. The quantitative estimate of drug-likeness (QED) is 0.505. The van der Waals surface area contributed by atoms with E-state index in [1.165, 1.54) is 5.56 Å². The van der Waals surface area contributed by atoms with Crippen LogP contribution in [0.2, 0.25) is 0 Å². The molecule has 3 aromatic carbocycles. The number of alkyl halides is 1. The van der Waals surface area contributed by atoms with Gasteiger partial charge in [-0.3, -0.25) is 0 Å². The molecule has 2 heteroatoms. The molecular formula is C20H16ClF. The molecule has 0 nitrogen and oxygen atoms in total. The smallest absolute Gasteiger partial charge is 0.131 e. The van der Waals surface area contributed by atoms with Crippen molar-refractivity contribution in [2.45, 2.75) is 12.8 Å². The summed E-state index contributed by atoms with van der Waals surface area (Å²) in [5.41, 5.74) is 5.60. The third kappa shape index (κ3) is 3.05. The van der Waals surface area contributed by atoms with Gasteiger partial charge in [-0.25, -0.2) is 4.39 Å². The summed E-state index contributed by atoms with van der Waals surface area (Å²) in [6.07, 6.45) is 0. The monoisotopic (exact) mass is 310 g/mol. The van der Waals surface area contributed by atoms with Gasteiger partial charge in [0.15, 0.2) is 0 Å². The van der Waals surface area contributed by atoms with Crippen LogP contribution in [0, 0.1) is 12.7 Å². The van der Waals surface area contributed by atoms with E-state index < -0.39 is 0 Å². The summed E-state index contributed by atoms with van der Waals surface area (Å²) in [7, 11) is 0. The van der Waals surface area contributed by atoms with E-state index in [4.69, 9.17) is 11.6 Å². The van der Waals surface area contributed by atoms with Crippen LogP contribution >= 0.6 is 11.6 Å². The Balaban J connectivity index is 1.96. The molecular weight excluding hydrogens is 295 g/mol. The topological polar surface area (TPSA) is 0 Å². The van der Waals surface area contributed by atoms with Crippen LogP contribution in [0.4, 0.5) is 4.39 Å². The standard InChI is InChI=1S/C20H16ClF/c1-14-2-6-16(7-3-14)18-10-11-19(20(22)12-18)17-8-4-15(13-21)5-9-17/h2-12H,13H2,1H3. The number of aryl methyl sites for hydroxylation is 1. The molecule has 0 aliphatic carbocycles. The first-order valence-electron chi connectivity index (χ1n) is 7.19. The van der Waals surface area contributed by atoms with Crippen LogP contribution in [-0.4, -0.2) is 0 Å². The van der Waals surface area contributed by atoms with Crippen molar-refractivity contribution in [3.8, 4) is 22.3 Å². The van der Waals surface area contributed by atoms with Crippen LogP contribution in [0.15, 0.2) is 66.7 Å². The molecule has 110 valence electrons. The van der Waals surface area contributed by atoms with Gasteiger partial charge in [0, 0.05) is 11.4 Å². The number of rotatable bonds is 3. The lowest BCUT2D eigenvalue weighted by molar-refractivity contribution is 0.632. The van der Waals surface area contributed by atoms with Gasteiger partial charge in [-0.2, -0.15) is 0 Å². The van der Waals surface area contributed by atoms with E-state index in [1.54, 1.807) is 6.07 Å². The van der Waals surface area contributed by atoms with E-state index in [9.17, 15) is 4.39 Å². The molecule has 0 radical (unpaired) electrons. The first kappa shape index (κ1) is 14.8. The van der Waals surface area contributed by atoms with Gasteiger partial charge in [0.2, 0.25) is 0 Å². The first-order chi connectivity index (χ1) is 10.7. The number of hydrogen-bond acceptors (Lipinski definition) is 0. The molecule has 0 heterocycles. The zero-order valence-electron chi connectivity index (χ0n) is 12.3. The van der Waals surface area contributed by atoms with Gasteiger partial charge in [0.05, 0.1) is 0 Å². The Kier molecular flexibility index (Phi) is 4.26. The van der Waals surface area contributed by atoms with Crippen LogP contribution in [0.3, 0.4) is 0 Å². The Hall–Kier alpha value is -2.12.